The van der Waals surface area contributed by atoms with Crippen molar-refractivity contribution >= 4 is 5.71 Å². The van der Waals surface area contributed by atoms with Crippen molar-refractivity contribution in [2.75, 3.05) is 7.11 Å². The zero-order valence-corrected chi connectivity index (χ0v) is 11.4. The van der Waals surface area contributed by atoms with Crippen molar-refractivity contribution < 1.29 is 9.36 Å². The standard InChI is InChI=1S/C16H13N3O2/c1-20-18-14(12-8-4-2-5-9-12)15-17-16(21-19-15)13-10-6-3-7-11-13/h2-11H,1H3/b18-14-. The summed E-state index contributed by atoms with van der Waals surface area (Å²) in [4.78, 5) is 9.28. The van der Waals surface area contributed by atoms with Gasteiger partial charge in [0, 0.05) is 11.1 Å². The fourth-order valence-electron chi connectivity index (χ4n) is 1.93. The molecule has 0 atom stereocenters. The molecular formula is C16H13N3O2. The van der Waals surface area contributed by atoms with Gasteiger partial charge in [-0.15, -0.1) is 0 Å². The Morgan fingerprint density at radius 2 is 1.67 bits per heavy atom. The minimum Gasteiger partial charge on any atom is -0.399 e. The summed E-state index contributed by atoms with van der Waals surface area (Å²) in [5.41, 5.74) is 2.25. The van der Waals surface area contributed by atoms with E-state index in [9.17, 15) is 0 Å². The lowest BCUT2D eigenvalue weighted by Crippen LogP contribution is -2.06. The number of oxime groups is 1. The van der Waals surface area contributed by atoms with Crippen LogP contribution in [0.2, 0.25) is 0 Å². The topological polar surface area (TPSA) is 60.5 Å². The Kier molecular flexibility index (Phi) is 3.73. The van der Waals surface area contributed by atoms with E-state index in [0.29, 0.717) is 17.4 Å². The van der Waals surface area contributed by atoms with Crippen LogP contribution in [0.3, 0.4) is 0 Å². The first-order valence-corrected chi connectivity index (χ1v) is 6.44. The second-order valence-electron chi connectivity index (χ2n) is 4.28. The van der Waals surface area contributed by atoms with Gasteiger partial charge in [0.2, 0.25) is 5.82 Å². The van der Waals surface area contributed by atoms with Gasteiger partial charge < -0.3 is 9.36 Å². The highest BCUT2D eigenvalue weighted by Gasteiger charge is 2.16. The van der Waals surface area contributed by atoms with Gasteiger partial charge in [-0.25, -0.2) is 0 Å². The van der Waals surface area contributed by atoms with Crippen molar-refractivity contribution in [1.82, 2.24) is 10.1 Å². The molecule has 0 aliphatic rings. The van der Waals surface area contributed by atoms with Crippen LogP contribution < -0.4 is 0 Å². The van der Waals surface area contributed by atoms with Gasteiger partial charge in [0.25, 0.3) is 5.89 Å². The molecule has 0 saturated carbocycles. The fourth-order valence-corrected chi connectivity index (χ4v) is 1.93. The maximum absolute atomic E-state index is 5.30. The molecule has 0 aliphatic heterocycles. The average molecular weight is 279 g/mol. The zero-order valence-electron chi connectivity index (χ0n) is 11.4. The molecule has 21 heavy (non-hydrogen) atoms. The van der Waals surface area contributed by atoms with Gasteiger partial charge in [-0.3, -0.25) is 0 Å². The van der Waals surface area contributed by atoms with Crippen LogP contribution in [0, 0.1) is 0 Å². The highest BCUT2D eigenvalue weighted by Crippen LogP contribution is 2.17. The van der Waals surface area contributed by atoms with Crippen molar-refractivity contribution in [2.24, 2.45) is 5.16 Å². The van der Waals surface area contributed by atoms with E-state index >= 15 is 0 Å². The Labute approximate surface area is 121 Å². The maximum Gasteiger partial charge on any atom is 0.258 e. The molecule has 1 aromatic heterocycles. The molecule has 0 radical (unpaired) electrons. The lowest BCUT2D eigenvalue weighted by Gasteiger charge is -2.00. The van der Waals surface area contributed by atoms with E-state index in [2.05, 4.69) is 15.3 Å². The normalized spacial score (nSPS) is 11.4. The van der Waals surface area contributed by atoms with Gasteiger partial charge in [0.15, 0.2) is 5.71 Å². The zero-order chi connectivity index (χ0) is 14.5. The Morgan fingerprint density at radius 3 is 2.33 bits per heavy atom. The summed E-state index contributed by atoms with van der Waals surface area (Å²) in [5.74, 6) is 0.840. The molecule has 0 unspecified atom stereocenters. The summed E-state index contributed by atoms with van der Waals surface area (Å²) in [6.45, 7) is 0. The molecule has 0 spiro atoms. The highest BCUT2D eigenvalue weighted by atomic mass is 16.6. The summed E-state index contributed by atoms with van der Waals surface area (Å²) in [7, 11) is 1.49. The van der Waals surface area contributed by atoms with Crippen LogP contribution in [0.4, 0.5) is 0 Å². The van der Waals surface area contributed by atoms with Crippen molar-refractivity contribution in [3.63, 3.8) is 0 Å². The summed E-state index contributed by atoms with van der Waals surface area (Å²) in [6, 6.07) is 19.2. The van der Waals surface area contributed by atoms with Crippen LogP contribution in [0.15, 0.2) is 70.3 Å². The number of nitrogens with zero attached hydrogens (tertiary/aromatic N) is 3. The number of benzene rings is 2. The fraction of sp³-hybridized carbons (Fsp3) is 0.0625. The Morgan fingerprint density at radius 1 is 1.00 bits per heavy atom. The van der Waals surface area contributed by atoms with Gasteiger partial charge in [0.05, 0.1) is 0 Å². The first-order valence-electron chi connectivity index (χ1n) is 6.44. The molecule has 0 bridgehead atoms. The van der Waals surface area contributed by atoms with E-state index in [1.54, 1.807) is 0 Å². The third-order valence-corrected chi connectivity index (χ3v) is 2.89. The summed E-state index contributed by atoms with van der Waals surface area (Å²) >= 11 is 0. The van der Waals surface area contributed by atoms with Crippen LogP contribution in [-0.4, -0.2) is 23.0 Å². The van der Waals surface area contributed by atoms with Crippen LogP contribution in [0.5, 0.6) is 0 Å². The molecule has 5 nitrogen and oxygen atoms in total. The van der Waals surface area contributed by atoms with E-state index in [4.69, 9.17) is 9.36 Å². The van der Waals surface area contributed by atoms with Crippen LogP contribution in [0.1, 0.15) is 11.4 Å². The Bertz CT molecular complexity index is 736. The molecule has 0 aliphatic carbocycles. The van der Waals surface area contributed by atoms with Crippen molar-refractivity contribution in [3.05, 3.63) is 72.1 Å². The quantitative estimate of drug-likeness (QED) is 0.543. The van der Waals surface area contributed by atoms with E-state index in [1.165, 1.54) is 7.11 Å². The first kappa shape index (κ1) is 13.1. The number of aromatic nitrogens is 2. The predicted octanol–water partition coefficient (Wildman–Crippen LogP) is 3.14. The summed E-state index contributed by atoms with van der Waals surface area (Å²) in [5, 5.41) is 7.99. The minimum atomic E-state index is 0.391. The largest absolute Gasteiger partial charge is 0.399 e. The van der Waals surface area contributed by atoms with Gasteiger partial charge in [-0.05, 0) is 12.1 Å². The van der Waals surface area contributed by atoms with Gasteiger partial charge in [-0.1, -0.05) is 58.8 Å². The Hall–Kier alpha value is -2.95. The lowest BCUT2D eigenvalue weighted by molar-refractivity contribution is 0.213. The highest BCUT2D eigenvalue weighted by molar-refractivity contribution is 6.10. The molecule has 3 aromatic rings. The summed E-state index contributed by atoms with van der Waals surface area (Å²) < 4.78 is 5.30. The third kappa shape index (κ3) is 2.81. The second kappa shape index (κ2) is 6.00. The third-order valence-electron chi connectivity index (χ3n) is 2.89. The molecule has 5 heteroatoms. The summed E-state index contributed by atoms with van der Waals surface area (Å²) in [6.07, 6.45) is 0. The van der Waals surface area contributed by atoms with Crippen molar-refractivity contribution in [3.8, 4) is 11.5 Å². The van der Waals surface area contributed by atoms with Gasteiger partial charge in [0.1, 0.15) is 7.11 Å². The van der Waals surface area contributed by atoms with Gasteiger partial charge >= 0.3 is 0 Å². The van der Waals surface area contributed by atoms with E-state index in [1.807, 2.05) is 60.7 Å². The van der Waals surface area contributed by atoms with E-state index in [-0.39, 0.29) is 0 Å². The molecule has 0 fully saturated rings. The SMILES string of the molecule is CO/N=C(/c1ccccc1)c1noc(-c2ccccc2)n1. The second-order valence-corrected chi connectivity index (χ2v) is 4.28. The molecular weight excluding hydrogens is 266 g/mol. The molecule has 2 aromatic carbocycles. The number of rotatable bonds is 4. The van der Waals surface area contributed by atoms with Crippen molar-refractivity contribution in [2.45, 2.75) is 0 Å². The molecule has 104 valence electrons. The molecule has 3 rings (SSSR count). The van der Waals surface area contributed by atoms with E-state index < -0.39 is 0 Å². The molecule has 0 saturated heterocycles. The minimum absolute atomic E-state index is 0.391. The predicted molar refractivity (Wildman–Crippen MR) is 78.8 cm³/mol. The molecule has 0 amide bonds. The van der Waals surface area contributed by atoms with Crippen LogP contribution in [0.25, 0.3) is 11.5 Å². The Balaban J connectivity index is 1.99. The monoisotopic (exact) mass is 279 g/mol. The number of hydrogen-bond acceptors (Lipinski definition) is 5. The maximum atomic E-state index is 5.30. The lowest BCUT2D eigenvalue weighted by atomic mass is 10.1. The smallest absolute Gasteiger partial charge is 0.258 e. The first-order chi connectivity index (χ1) is 10.4. The average Bonchev–Trinajstić information content (AvgIpc) is 3.04. The molecule has 0 N–H and O–H groups in total. The number of hydrogen-bond donors (Lipinski definition) is 0. The van der Waals surface area contributed by atoms with Gasteiger partial charge in [-0.2, -0.15) is 4.98 Å². The van der Waals surface area contributed by atoms with Crippen molar-refractivity contribution in [1.29, 1.82) is 0 Å². The molecule has 1 heterocycles. The van der Waals surface area contributed by atoms with Crippen LogP contribution in [-0.2, 0) is 4.84 Å². The van der Waals surface area contributed by atoms with Crippen LogP contribution >= 0.6 is 0 Å². The van der Waals surface area contributed by atoms with E-state index in [0.717, 1.165) is 11.1 Å².